The molecule has 1 heterocycles. The number of hydrogen-bond acceptors (Lipinski definition) is 5. The fraction of sp³-hybridized carbons (Fsp3) is 0.211. The van der Waals surface area contributed by atoms with Gasteiger partial charge in [0.2, 0.25) is 0 Å². The second-order valence-electron chi connectivity index (χ2n) is 6.22. The summed E-state index contributed by atoms with van der Waals surface area (Å²) >= 11 is 12.2. The first-order chi connectivity index (χ1) is 13.3. The third kappa shape index (κ3) is 3.82. The Morgan fingerprint density at radius 1 is 1.00 bits per heavy atom. The Balaban J connectivity index is 1.75. The van der Waals surface area contributed by atoms with Gasteiger partial charge in [0.1, 0.15) is 5.75 Å². The zero-order valence-corrected chi connectivity index (χ0v) is 16.7. The van der Waals surface area contributed by atoms with Crippen LogP contribution in [-0.4, -0.2) is 48.5 Å². The van der Waals surface area contributed by atoms with Gasteiger partial charge in [-0.2, -0.15) is 0 Å². The normalized spacial score (nSPS) is 14.4. The highest BCUT2D eigenvalue weighted by Gasteiger charge is 2.45. The van der Waals surface area contributed by atoms with Gasteiger partial charge in [-0.15, -0.1) is 0 Å². The van der Waals surface area contributed by atoms with E-state index >= 15 is 0 Å². The number of carbonyl (C=O) groups excluding carboxylic acids is 3. The number of urea groups is 1. The first kappa shape index (κ1) is 20.1. The quantitative estimate of drug-likeness (QED) is 0.527. The number of hydrogen-bond donors (Lipinski definition) is 0. The van der Waals surface area contributed by atoms with E-state index in [-0.39, 0.29) is 6.67 Å². The fourth-order valence-electron chi connectivity index (χ4n) is 2.84. The van der Waals surface area contributed by atoms with Gasteiger partial charge in [-0.1, -0.05) is 35.3 Å². The standard InChI is InChI=1S/C19H17Cl2N3O4/c1-22(10-12-4-3-5-15(20)16(12)21)11-23-17(25)18(26)24(19(23)27)13-6-8-14(28-2)9-7-13/h3-9H,10-11H2,1-2H3. The van der Waals surface area contributed by atoms with E-state index in [9.17, 15) is 14.4 Å². The van der Waals surface area contributed by atoms with Crippen LogP contribution in [-0.2, 0) is 16.1 Å². The summed E-state index contributed by atoms with van der Waals surface area (Å²) in [7, 11) is 3.22. The molecular weight excluding hydrogens is 405 g/mol. The van der Waals surface area contributed by atoms with Crippen molar-refractivity contribution in [2.75, 3.05) is 25.7 Å². The smallest absolute Gasteiger partial charge is 0.340 e. The minimum atomic E-state index is -0.899. The zero-order valence-electron chi connectivity index (χ0n) is 15.2. The summed E-state index contributed by atoms with van der Waals surface area (Å²) in [5, 5.41) is 0.827. The highest BCUT2D eigenvalue weighted by molar-refractivity contribution is 6.52. The number of methoxy groups -OCH3 is 1. The predicted molar refractivity (Wildman–Crippen MR) is 106 cm³/mol. The molecule has 1 saturated heterocycles. The van der Waals surface area contributed by atoms with Crippen molar-refractivity contribution < 1.29 is 19.1 Å². The van der Waals surface area contributed by atoms with Gasteiger partial charge in [-0.05, 0) is 42.9 Å². The van der Waals surface area contributed by atoms with Crippen molar-refractivity contribution in [2.24, 2.45) is 0 Å². The van der Waals surface area contributed by atoms with Crippen LogP contribution in [0.4, 0.5) is 10.5 Å². The molecule has 2 aromatic rings. The van der Waals surface area contributed by atoms with Crippen LogP contribution in [0.5, 0.6) is 5.75 Å². The molecule has 1 fully saturated rings. The lowest BCUT2D eigenvalue weighted by Crippen LogP contribution is -2.40. The predicted octanol–water partition coefficient (Wildman–Crippen LogP) is 3.39. The Morgan fingerprint density at radius 3 is 2.32 bits per heavy atom. The molecule has 0 N–H and O–H groups in total. The van der Waals surface area contributed by atoms with E-state index in [4.69, 9.17) is 27.9 Å². The van der Waals surface area contributed by atoms with Crippen molar-refractivity contribution in [3.63, 3.8) is 0 Å². The monoisotopic (exact) mass is 421 g/mol. The van der Waals surface area contributed by atoms with Crippen LogP contribution in [0.2, 0.25) is 10.0 Å². The molecule has 2 aromatic carbocycles. The summed E-state index contributed by atoms with van der Waals surface area (Å²) < 4.78 is 5.06. The summed E-state index contributed by atoms with van der Waals surface area (Å²) in [6.45, 7) is 0.270. The molecule has 0 saturated carbocycles. The van der Waals surface area contributed by atoms with Crippen LogP contribution in [0.25, 0.3) is 0 Å². The zero-order chi connectivity index (χ0) is 20.4. The van der Waals surface area contributed by atoms with Crippen molar-refractivity contribution in [3.8, 4) is 5.75 Å². The Hall–Kier alpha value is -2.61. The molecule has 9 heteroatoms. The number of benzene rings is 2. The summed E-state index contributed by atoms with van der Waals surface area (Å²) in [5.41, 5.74) is 1.04. The maximum absolute atomic E-state index is 12.7. The lowest BCUT2D eigenvalue weighted by molar-refractivity contribution is -0.140. The lowest BCUT2D eigenvalue weighted by atomic mass is 10.2. The van der Waals surface area contributed by atoms with Crippen LogP contribution >= 0.6 is 23.2 Å². The molecule has 0 radical (unpaired) electrons. The Kier molecular flexibility index (Phi) is 5.88. The topological polar surface area (TPSA) is 70.2 Å². The number of anilines is 1. The first-order valence-electron chi connectivity index (χ1n) is 8.29. The van der Waals surface area contributed by atoms with Gasteiger partial charge in [0.05, 0.1) is 29.5 Å². The number of rotatable bonds is 6. The van der Waals surface area contributed by atoms with Crippen molar-refractivity contribution in [1.29, 1.82) is 0 Å². The summed E-state index contributed by atoms with van der Waals surface area (Å²) in [6, 6.07) is 10.8. The molecule has 0 atom stereocenters. The van der Waals surface area contributed by atoms with Gasteiger partial charge in [0.15, 0.2) is 0 Å². The number of carbonyl (C=O) groups is 3. The van der Waals surface area contributed by atoms with Crippen LogP contribution < -0.4 is 9.64 Å². The van der Waals surface area contributed by atoms with Gasteiger partial charge in [-0.3, -0.25) is 14.5 Å². The van der Waals surface area contributed by atoms with E-state index in [2.05, 4.69) is 0 Å². The summed E-state index contributed by atoms with van der Waals surface area (Å²) in [6.07, 6.45) is 0. The molecule has 0 unspecified atom stereocenters. The summed E-state index contributed by atoms with van der Waals surface area (Å²) in [4.78, 5) is 40.8. The summed E-state index contributed by atoms with van der Waals surface area (Å²) in [5.74, 6) is -1.21. The average molecular weight is 422 g/mol. The Labute approximate surface area is 172 Å². The number of amides is 4. The maximum Gasteiger partial charge on any atom is 0.340 e. The van der Waals surface area contributed by atoms with Gasteiger partial charge >= 0.3 is 17.8 Å². The first-order valence-corrected chi connectivity index (χ1v) is 9.04. The third-order valence-corrected chi connectivity index (χ3v) is 5.10. The van der Waals surface area contributed by atoms with Crippen LogP contribution in [0.15, 0.2) is 42.5 Å². The number of nitrogens with zero attached hydrogens (tertiary/aromatic N) is 3. The fourth-order valence-corrected chi connectivity index (χ4v) is 3.22. The van der Waals surface area contributed by atoms with E-state index < -0.39 is 17.8 Å². The van der Waals surface area contributed by atoms with Crippen LogP contribution in [0.3, 0.4) is 0 Å². The number of halogens is 2. The lowest BCUT2D eigenvalue weighted by Gasteiger charge is -2.23. The average Bonchev–Trinajstić information content (AvgIpc) is 2.89. The molecular formula is C19H17Cl2N3O4. The van der Waals surface area contributed by atoms with E-state index in [0.29, 0.717) is 28.0 Å². The Bertz CT molecular complexity index is 933. The van der Waals surface area contributed by atoms with Crippen molar-refractivity contribution in [3.05, 3.63) is 58.1 Å². The van der Waals surface area contributed by atoms with E-state index in [0.717, 1.165) is 15.4 Å². The largest absolute Gasteiger partial charge is 0.497 e. The molecule has 3 rings (SSSR count). The van der Waals surface area contributed by atoms with Gasteiger partial charge in [0, 0.05) is 6.54 Å². The molecule has 0 bridgehead atoms. The second-order valence-corrected chi connectivity index (χ2v) is 7.01. The highest BCUT2D eigenvalue weighted by Crippen LogP contribution is 2.27. The van der Waals surface area contributed by atoms with E-state index in [1.54, 1.807) is 54.4 Å². The van der Waals surface area contributed by atoms with Crippen LogP contribution in [0, 0.1) is 0 Å². The molecule has 7 nitrogen and oxygen atoms in total. The van der Waals surface area contributed by atoms with Gasteiger partial charge in [0.25, 0.3) is 0 Å². The third-order valence-electron chi connectivity index (χ3n) is 4.24. The number of imide groups is 2. The van der Waals surface area contributed by atoms with E-state index in [1.165, 1.54) is 7.11 Å². The van der Waals surface area contributed by atoms with E-state index in [1.807, 2.05) is 0 Å². The van der Waals surface area contributed by atoms with Crippen molar-refractivity contribution in [2.45, 2.75) is 6.54 Å². The highest BCUT2D eigenvalue weighted by atomic mass is 35.5. The molecule has 0 aromatic heterocycles. The second kappa shape index (κ2) is 8.18. The molecule has 1 aliphatic rings. The minimum Gasteiger partial charge on any atom is -0.497 e. The molecule has 1 aliphatic heterocycles. The van der Waals surface area contributed by atoms with Gasteiger partial charge in [-0.25, -0.2) is 14.6 Å². The van der Waals surface area contributed by atoms with Crippen molar-refractivity contribution >= 4 is 46.7 Å². The maximum atomic E-state index is 12.7. The Morgan fingerprint density at radius 2 is 1.68 bits per heavy atom. The van der Waals surface area contributed by atoms with Crippen LogP contribution in [0.1, 0.15) is 5.56 Å². The molecule has 146 valence electrons. The van der Waals surface area contributed by atoms with Crippen molar-refractivity contribution in [1.82, 2.24) is 9.80 Å². The molecule has 0 spiro atoms. The number of ether oxygens (including phenoxy) is 1. The van der Waals surface area contributed by atoms with Gasteiger partial charge < -0.3 is 4.74 Å². The SMILES string of the molecule is COc1ccc(N2C(=O)C(=O)N(CN(C)Cc3cccc(Cl)c3Cl)C2=O)cc1. The molecule has 0 aliphatic carbocycles. The molecule has 4 amide bonds. The molecule has 28 heavy (non-hydrogen) atoms. The minimum absolute atomic E-state index is 0.0705.